The fourth-order valence-electron chi connectivity index (χ4n) is 1.97. The zero-order valence-corrected chi connectivity index (χ0v) is 11.0. The summed E-state index contributed by atoms with van der Waals surface area (Å²) in [7, 11) is 3.62. The molecule has 15 heavy (non-hydrogen) atoms. The van der Waals surface area contributed by atoms with E-state index in [1.807, 2.05) is 39.7 Å². The van der Waals surface area contributed by atoms with Crippen molar-refractivity contribution in [2.45, 2.75) is 38.3 Å². The SMILES string of the molecule is CN(C)C(=O)C(C)(C)NC1CCSCC1. The largest absolute Gasteiger partial charge is 0.347 e. The van der Waals surface area contributed by atoms with Gasteiger partial charge in [0.15, 0.2) is 0 Å². The van der Waals surface area contributed by atoms with E-state index in [1.54, 1.807) is 4.90 Å². The first-order chi connectivity index (χ1) is 6.93. The third-order valence-corrected chi connectivity index (χ3v) is 3.78. The summed E-state index contributed by atoms with van der Waals surface area (Å²) in [5.41, 5.74) is -0.434. The number of carbonyl (C=O) groups excluding carboxylic acids is 1. The molecule has 1 aliphatic heterocycles. The average Bonchev–Trinajstić information content (AvgIpc) is 2.17. The predicted molar refractivity (Wildman–Crippen MR) is 66.3 cm³/mol. The lowest BCUT2D eigenvalue weighted by Crippen LogP contribution is -2.56. The zero-order valence-electron chi connectivity index (χ0n) is 10.2. The molecule has 0 atom stereocenters. The Bertz CT molecular complexity index is 223. The van der Waals surface area contributed by atoms with Crippen molar-refractivity contribution in [3.63, 3.8) is 0 Å². The fourth-order valence-corrected chi connectivity index (χ4v) is 3.08. The Labute approximate surface area is 97.0 Å². The minimum absolute atomic E-state index is 0.153. The van der Waals surface area contributed by atoms with E-state index in [1.165, 1.54) is 24.3 Å². The van der Waals surface area contributed by atoms with Crippen LogP contribution in [0.25, 0.3) is 0 Å². The molecule has 1 aliphatic rings. The Morgan fingerprint density at radius 2 is 1.87 bits per heavy atom. The molecule has 88 valence electrons. The van der Waals surface area contributed by atoms with Crippen molar-refractivity contribution < 1.29 is 4.79 Å². The first-order valence-electron chi connectivity index (χ1n) is 5.50. The van der Waals surface area contributed by atoms with Gasteiger partial charge in [-0.15, -0.1) is 0 Å². The molecule has 0 aromatic carbocycles. The van der Waals surface area contributed by atoms with E-state index >= 15 is 0 Å². The highest BCUT2D eigenvalue weighted by Crippen LogP contribution is 2.19. The van der Waals surface area contributed by atoms with Crippen molar-refractivity contribution in [2.75, 3.05) is 25.6 Å². The first-order valence-corrected chi connectivity index (χ1v) is 6.66. The lowest BCUT2D eigenvalue weighted by molar-refractivity contribution is -0.134. The fraction of sp³-hybridized carbons (Fsp3) is 0.909. The number of nitrogens with zero attached hydrogens (tertiary/aromatic N) is 1. The van der Waals surface area contributed by atoms with E-state index in [0.717, 1.165) is 0 Å². The Hall–Kier alpha value is -0.220. The van der Waals surface area contributed by atoms with E-state index in [-0.39, 0.29) is 5.91 Å². The standard InChI is InChI=1S/C11H22N2OS/c1-11(2,10(14)13(3)4)12-9-5-7-15-8-6-9/h9,12H,5-8H2,1-4H3. The second kappa shape index (κ2) is 5.21. The molecule has 0 radical (unpaired) electrons. The van der Waals surface area contributed by atoms with Crippen LogP contribution < -0.4 is 5.32 Å². The van der Waals surface area contributed by atoms with Crippen LogP contribution in [0.3, 0.4) is 0 Å². The summed E-state index contributed by atoms with van der Waals surface area (Å²) < 4.78 is 0. The van der Waals surface area contributed by atoms with Crippen LogP contribution in [0.5, 0.6) is 0 Å². The van der Waals surface area contributed by atoms with Gasteiger partial charge in [-0.25, -0.2) is 0 Å². The van der Waals surface area contributed by atoms with Gasteiger partial charge in [0.05, 0.1) is 5.54 Å². The van der Waals surface area contributed by atoms with Crippen LogP contribution in [-0.2, 0) is 4.79 Å². The van der Waals surface area contributed by atoms with Crippen molar-refractivity contribution in [3.8, 4) is 0 Å². The van der Waals surface area contributed by atoms with Crippen LogP contribution in [0, 0.1) is 0 Å². The van der Waals surface area contributed by atoms with Crippen molar-refractivity contribution in [2.24, 2.45) is 0 Å². The molecule has 1 N–H and O–H groups in total. The van der Waals surface area contributed by atoms with Gasteiger partial charge in [-0.3, -0.25) is 4.79 Å². The molecular formula is C11H22N2OS. The highest BCUT2D eigenvalue weighted by Gasteiger charge is 2.31. The molecule has 1 heterocycles. The molecule has 0 aromatic rings. The van der Waals surface area contributed by atoms with Crippen LogP contribution in [0.4, 0.5) is 0 Å². The minimum atomic E-state index is -0.434. The van der Waals surface area contributed by atoms with Crippen LogP contribution in [0.2, 0.25) is 0 Å². The number of hydrogen-bond acceptors (Lipinski definition) is 3. The lowest BCUT2D eigenvalue weighted by atomic mass is 10.00. The van der Waals surface area contributed by atoms with Crippen molar-refractivity contribution in [3.05, 3.63) is 0 Å². The van der Waals surface area contributed by atoms with Gasteiger partial charge in [0.2, 0.25) is 5.91 Å². The highest BCUT2D eigenvalue weighted by molar-refractivity contribution is 7.99. The summed E-state index contributed by atoms with van der Waals surface area (Å²) in [5.74, 6) is 2.58. The van der Waals surface area contributed by atoms with Gasteiger partial charge in [-0.2, -0.15) is 11.8 Å². The number of carbonyl (C=O) groups is 1. The van der Waals surface area contributed by atoms with Gasteiger partial charge < -0.3 is 10.2 Å². The van der Waals surface area contributed by atoms with Crippen molar-refractivity contribution in [1.29, 1.82) is 0 Å². The van der Waals surface area contributed by atoms with Crippen LogP contribution in [0.1, 0.15) is 26.7 Å². The molecule has 0 saturated carbocycles. The third-order valence-electron chi connectivity index (χ3n) is 2.73. The molecule has 1 rings (SSSR count). The van der Waals surface area contributed by atoms with Gasteiger partial charge >= 0.3 is 0 Å². The Kier molecular flexibility index (Phi) is 4.46. The van der Waals surface area contributed by atoms with Crippen LogP contribution in [-0.4, -0.2) is 48.0 Å². The molecule has 1 saturated heterocycles. The van der Waals surface area contributed by atoms with Crippen molar-refractivity contribution in [1.82, 2.24) is 10.2 Å². The maximum Gasteiger partial charge on any atom is 0.241 e. The van der Waals surface area contributed by atoms with E-state index in [9.17, 15) is 4.79 Å². The summed E-state index contributed by atoms with van der Waals surface area (Å²) in [6, 6.07) is 0.505. The van der Waals surface area contributed by atoms with Gasteiger partial charge in [0, 0.05) is 20.1 Å². The highest BCUT2D eigenvalue weighted by atomic mass is 32.2. The number of likely N-dealkylation sites (N-methyl/N-ethyl adjacent to an activating group) is 1. The maximum absolute atomic E-state index is 11.9. The molecule has 0 aromatic heterocycles. The Balaban J connectivity index is 2.50. The monoisotopic (exact) mass is 230 g/mol. The number of nitrogens with one attached hydrogen (secondary N) is 1. The van der Waals surface area contributed by atoms with Gasteiger partial charge in [-0.1, -0.05) is 0 Å². The molecule has 3 nitrogen and oxygen atoms in total. The number of amides is 1. The molecule has 1 fully saturated rings. The smallest absolute Gasteiger partial charge is 0.241 e. The lowest BCUT2D eigenvalue weighted by Gasteiger charge is -2.34. The summed E-state index contributed by atoms with van der Waals surface area (Å²) in [4.78, 5) is 13.6. The normalized spacial score (nSPS) is 18.9. The van der Waals surface area contributed by atoms with E-state index < -0.39 is 5.54 Å². The van der Waals surface area contributed by atoms with E-state index in [2.05, 4.69) is 5.32 Å². The van der Waals surface area contributed by atoms with Crippen molar-refractivity contribution >= 4 is 17.7 Å². The second-order valence-electron chi connectivity index (χ2n) is 4.86. The second-order valence-corrected chi connectivity index (χ2v) is 6.08. The van der Waals surface area contributed by atoms with E-state index in [4.69, 9.17) is 0 Å². The number of rotatable bonds is 3. The topological polar surface area (TPSA) is 32.3 Å². The molecular weight excluding hydrogens is 208 g/mol. The molecule has 4 heteroatoms. The summed E-state index contributed by atoms with van der Waals surface area (Å²) in [5, 5.41) is 3.47. The Morgan fingerprint density at radius 1 is 1.33 bits per heavy atom. The molecule has 0 spiro atoms. The van der Waals surface area contributed by atoms with Crippen LogP contribution in [0.15, 0.2) is 0 Å². The zero-order chi connectivity index (χ0) is 11.5. The maximum atomic E-state index is 11.9. The number of thioether (sulfide) groups is 1. The summed E-state index contributed by atoms with van der Waals surface area (Å²) in [6.07, 6.45) is 2.35. The summed E-state index contributed by atoms with van der Waals surface area (Å²) >= 11 is 2.00. The van der Waals surface area contributed by atoms with Gasteiger partial charge in [0.1, 0.15) is 0 Å². The average molecular weight is 230 g/mol. The molecule has 1 amide bonds. The van der Waals surface area contributed by atoms with Gasteiger partial charge in [0.25, 0.3) is 0 Å². The molecule has 0 unspecified atom stereocenters. The van der Waals surface area contributed by atoms with E-state index in [0.29, 0.717) is 6.04 Å². The van der Waals surface area contributed by atoms with Crippen LogP contribution >= 0.6 is 11.8 Å². The minimum Gasteiger partial charge on any atom is -0.347 e. The van der Waals surface area contributed by atoms with Gasteiger partial charge in [-0.05, 0) is 38.2 Å². The third kappa shape index (κ3) is 3.68. The number of hydrogen-bond donors (Lipinski definition) is 1. The Morgan fingerprint density at radius 3 is 2.33 bits per heavy atom. The summed E-state index contributed by atoms with van der Waals surface area (Å²) in [6.45, 7) is 3.94. The first kappa shape index (κ1) is 12.8. The predicted octanol–water partition coefficient (Wildman–Crippen LogP) is 1.34. The molecule has 0 aliphatic carbocycles. The quantitative estimate of drug-likeness (QED) is 0.794. The molecule has 0 bridgehead atoms.